The maximum absolute atomic E-state index is 13.5. The van der Waals surface area contributed by atoms with Crippen LogP contribution in [0.4, 0.5) is 4.39 Å². The maximum Gasteiger partial charge on any atom is 0.150 e. The summed E-state index contributed by atoms with van der Waals surface area (Å²) in [6.07, 6.45) is 3.47. The van der Waals surface area contributed by atoms with Gasteiger partial charge in [0.15, 0.2) is 0 Å². The molecule has 0 amide bonds. The first-order valence-electron chi connectivity index (χ1n) is 6.07. The zero-order chi connectivity index (χ0) is 11.7. The highest BCUT2D eigenvalue weighted by Gasteiger charge is 2.16. The molecule has 2 nitrogen and oxygen atoms in total. The lowest BCUT2D eigenvalue weighted by molar-refractivity contribution is 0.376. The summed E-state index contributed by atoms with van der Waals surface area (Å²) in [6.45, 7) is 2.20. The normalized spacial score (nSPS) is 20.9. The van der Waals surface area contributed by atoms with Crippen molar-refractivity contribution in [3.05, 3.63) is 29.0 Å². The fraction of sp³-hybridized carbons (Fsp3) is 0.462. The van der Waals surface area contributed by atoms with Crippen LogP contribution in [-0.4, -0.2) is 18.1 Å². The van der Waals surface area contributed by atoms with Gasteiger partial charge in [0.05, 0.1) is 9.71 Å². The summed E-state index contributed by atoms with van der Waals surface area (Å²) in [7, 11) is 0. The molecule has 1 atom stereocenters. The van der Waals surface area contributed by atoms with Gasteiger partial charge >= 0.3 is 0 Å². The molecule has 1 unspecified atom stereocenters. The van der Waals surface area contributed by atoms with Crippen molar-refractivity contribution in [1.29, 1.82) is 0 Å². The highest BCUT2D eigenvalue weighted by Crippen LogP contribution is 2.27. The van der Waals surface area contributed by atoms with Gasteiger partial charge in [0.1, 0.15) is 11.3 Å². The lowest BCUT2D eigenvalue weighted by atomic mass is 9.97. The monoisotopic (exact) mass is 250 g/mol. The number of thiazole rings is 1. The number of nitrogens with one attached hydrogen (secondary N) is 1. The summed E-state index contributed by atoms with van der Waals surface area (Å²) in [5.41, 5.74) is 0.538. The quantitative estimate of drug-likeness (QED) is 0.886. The van der Waals surface area contributed by atoms with Crippen molar-refractivity contribution in [3.63, 3.8) is 0 Å². The first-order chi connectivity index (χ1) is 8.33. The number of para-hydroxylation sites is 1. The van der Waals surface area contributed by atoms with Crippen molar-refractivity contribution < 1.29 is 4.39 Å². The Balaban J connectivity index is 1.83. The van der Waals surface area contributed by atoms with Crippen LogP contribution in [-0.2, 0) is 6.42 Å². The molecule has 0 spiro atoms. The average molecular weight is 250 g/mol. The Labute approximate surface area is 104 Å². The van der Waals surface area contributed by atoms with E-state index in [2.05, 4.69) is 10.3 Å². The van der Waals surface area contributed by atoms with Crippen molar-refractivity contribution in [2.24, 2.45) is 5.92 Å². The van der Waals surface area contributed by atoms with E-state index in [9.17, 15) is 4.39 Å². The zero-order valence-corrected chi connectivity index (χ0v) is 10.4. The van der Waals surface area contributed by atoms with Gasteiger partial charge < -0.3 is 5.32 Å². The van der Waals surface area contributed by atoms with E-state index in [1.54, 1.807) is 17.4 Å². The summed E-state index contributed by atoms with van der Waals surface area (Å²) < 4.78 is 14.5. The Hall–Kier alpha value is -1.00. The molecule has 2 heterocycles. The highest BCUT2D eigenvalue weighted by atomic mass is 32.1. The number of benzene rings is 1. The molecule has 1 N–H and O–H groups in total. The van der Waals surface area contributed by atoms with Crippen molar-refractivity contribution in [1.82, 2.24) is 10.3 Å². The topological polar surface area (TPSA) is 24.9 Å². The SMILES string of the molecule is Fc1cccc2sc(CC3CCCNC3)nc12. The van der Waals surface area contributed by atoms with Gasteiger partial charge in [0.2, 0.25) is 0 Å². The Morgan fingerprint density at radius 2 is 2.41 bits per heavy atom. The number of piperidine rings is 1. The lowest BCUT2D eigenvalue weighted by Gasteiger charge is -2.21. The number of rotatable bonds is 2. The van der Waals surface area contributed by atoms with Crippen molar-refractivity contribution in [2.75, 3.05) is 13.1 Å². The van der Waals surface area contributed by atoms with Crippen LogP contribution in [0.2, 0.25) is 0 Å². The smallest absolute Gasteiger partial charge is 0.150 e. The number of hydrogen-bond acceptors (Lipinski definition) is 3. The highest BCUT2D eigenvalue weighted by molar-refractivity contribution is 7.18. The molecule has 2 aromatic rings. The molecule has 0 radical (unpaired) electrons. The van der Waals surface area contributed by atoms with Gasteiger partial charge in [-0.25, -0.2) is 9.37 Å². The van der Waals surface area contributed by atoms with Crippen LogP contribution in [0.5, 0.6) is 0 Å². The summed E-state index contributed by atoms with van der Waals surface area (Å²) in [6, 6.07) is 5.18. The number of aromatic nitrogens is 1. The van der Waals surface area contributed by atoms with Gasteiger partial charge in [0, 0.05) is 6.42 Å². The summed E-state index contributed by atoms with van der Waals surface area (Å²) in [4.78, 5) is 4.42. The second kappa shape index (κ2) is 4.70. The number of fused-ring (bicyclic) bond motifs is 1. The first-order valence-corrected chi connectivity index (χ1v) is 6.89. The molecule has 3 rings (SSSR count). The number of halogens is 1. The van der Waals surface area contributed by atoms with Gasteiger partial charge in [0.25, 0.3) is 0 Å². The Morgan fingerprint density at radius 3 is 3.18 bits per heavy atom. The van der Waals surface area contributed by atoms with Gasteiger partial charge in [-0.05, 0) is 44.0 Å². The predicted molar refractivity (Wildman–Crippen MR) is 68.9 cm³/mol. The fourth-order valence-electron chi connectivity index (χ4n) is 2.39. The number of nitrogens with zero attached hydrogens (tertiary/aromatic N) is 1. The molecule has 17 heavy (non-hydrogen) atoms. The first kappa shape index (κ1) is 11.1. The molecular formula is C13H15FN2S. The van der Waals surface area contributed by atoms with Gasteiger partial charge in [-0.3, -0.25) is 0 Å². The van der Waals surface area contributed by atoms with Crippen molar-refractivity contribution in [2.45, 2.75) is 19.3 Å². The third kappa shape index (κ3) is 2.33. The second-order valence-electron chi connectivity index (χ2n) is 4.61. The number of hydrogen-bond donors (Lipinski definition) is 1. The molecule has 1 saturated heterocycles. The standard InChI is InChI=1S/C13H15FN2S/c14-10-4-1-5-11-13(10)16-12(17-11)7-9-3-2-6-15-8-9/h1,4-5,9,15H,2-3,6-8H2. The van der Waals surface area contributed by atoms with E-state index >= 15 is 0 Å². The summed E-state index contributed by atoms with van der Waals surface area (Å²) in [5.74, 6) is 0.458. The van der Waals surface area contributed by atoms with Crippen LogP contribution in [0.15, 0.2) is 18.2 Å². The second-order valence-corrected chi connectivity index (χ2v) is 5.73. The molecule has 0 saturated carbocycles. The fourth-order valence-corrected chi connectivity index (χ4v) is 3.49. The minimum Gasteiger partial charge on any atom is -0.316 e. The third-order valence-electron chi connectivity index (χ3n) is 3.28. The van der Waals surface area contributed by atoms with E-state index in [1.165, 1.54) is 18.9 Å². The summed E-state index contributed by atoms with van der Waals surface area (Å²) >= 11 is 1.63. The van der Waals surface area contributed by atoms with E-state index in [-0.39, 0.29) is 5.82 Å². The largest absolute Gasteiger partial charge is 0.316 e. The van der Waals surface area contributed by atoms with Crippen molar-refractivity contribution in [3.8, 4) is 0 Å². The molecule has 1 aliphatic heterocycles. The van der Waals surface area contributed by atoms with E-state index in [4.69, 9.17) is 0 Å². The van der Waals surface area contributed by atoms with Gasteiger partial charge in [-0.15, -0.1) is 11.3 Å². The van der Waals surface area contributed by atoms with Gasteiger partial charge in [-0.1, -0.05) is 6.07 Å². The van der Waals surface area contributed by atoms with Crippen LogP contribution < -0.4 is 5.32 Å². The molecule has 1 fully saturated rings. The minimum atomic E-state index is -0.202. The minimum absolute atomic E-state index is 0.202. The molecule has 1 aromatic heterocycles. The molecule has 1 aromatic carbocycles. The third-order valence-corrected chi connectivity index (χ3v) is 4.32. The Kier molecular flexibility index (Phi) is 3.07. The Morgan fingerprint density at radius 1 is 1.47 bits per heavy atom. The van der Waals surface area contributed by atoms with Crippen LogP contribution in [0.1, 0.15) is 17.8 Å². The van der Waals surface area contributed by atoms with E-state index in [1.807, 2.05) is 6.07 Å². The van der Waals surface area contributed by atoms with Crippen LogP contribution in [0, 0.1) is 11.7 Å². The maximum atomic E-state index is 13.5. The molecule has 0 aliphatic carbocycles. The molecule has 4 heteroatoms. The predicted octanol–water partition coefficient (Wildman–Crippen LogP) is 2.98. The molecular weight excluding hydrogens is 235 g/mol. The van der Waals surface area contributed by atoms with Gasteiger partial charge in [-0.2, -0.15) is 0 Å². The molecule has 0 bridgehead atoms. The van der Waals surface area contributed by atoms with E-state index < -0.39 is 0 Å². The van der Waals surface area contributed by atoms with E-state index in [0.717, 1.165) is 29.2 Å². The summed E-state index contributed by atoms with van der Waals surface area (Å²) in [5, 5.41) is 4.47. The van der Waals surface area contributed by atoms with Crippen molar-refractivity contribution >= 4 is 21.6 Å². The molecule has 90 valence electrons. The average Bonchev–Trinajstić information content (AvgIpc) is 2.74. The van der Waals surface area contributed by atoms with Crippen LogP contribution >= 0.6 is 11.3 Å². The molecule has 1 aliphatic rings. The zero-order valence-electron chi connectivity index (χ0n) is 9.58. The Bertz CT molecular complexity index is 517. The lowest BCUT2D eigenvalue weighted by Crippen LogP contribution is -2.30. The van der Waals surface area contributed by atoms with Crippen LogP contribution in [0.25, 0.3) is 10.2 Å². The van der Waals surface area contributed by atoms with E-state index in [0.29, 0.717) is 11.4 Å². The van der Waals surface area contributed by atoms with Crippen LogP contribution in [0.3, 0.4) is 0 Å².